The highest BCUT2D eigenvalue weighted by atomic mass is 35.5. The summed E-state index contributed by atoms with van der Waals surface area (Å²) in [5.41, 5.74) is 0. The van der Waals surface area contributed by atoms with Crippen molar-refractivity contribution in [1.82, 2.24) is 4.90 Å². The van der Waals surface area contributed by atoms with Crippen LogP contribution >= 0.6 is 12.4 Å². The van der Waals surface area contributed by atoms with Crippen LogP contribution in [0.25, 0.3) is 0 Å². The Morgan fingerprint density at radius 3 is 2.47 bits per heavy atom. The van der Waals surface area contributed by atoms with E-state index in [1.807, 2.05) is 19.0 Å². The molecule has 0 unspecified atom stereocenters. The normalized spacial score (nSPS) is 16.6. The zero-order valence-corrected chi connectivity index (χ0v) is 11.6. The molecule has 1 rings (SSSR count). The zero-order chi connectivity index (χ0) is 11.8. The van der Waals surface area contributed by atoms with Crippen LogP contribution in [0.4, 0.5) is 0 Å². The number of carbonyl (C=O) groups is 1. The van der Waals surface area contributed by atoms with Crippen LogP contribution in [0.3, 0.4) is 0 Å². The molecule has 0 heterocycles. The van der Waals surface area contributed by atoms with Crippen LogP contribution in [-0.4, -0.2) is 50.8 Å². The van der Waals surface area contributed by atoms with Gasteiger partial charge in [-0.25, -0.2) is 4.79 Å². The maximum Gasteiger partial charge on any atom is 0.332 e. The van der Waals surface area contributed by atoms with E-state index in [9.17, 15) is 4.79 Å². The lowest BCUT2D eigenvalue weighted by atomic mass is 9.98. The fourth-order valence-corrected chi connectivity index (χ4v) is 1.80. The Morgan fingerprint density at radius 1 is 1.24 bits per heavy atom. The number of ether oxygens (including phenoxy) is 2. The van der Waals surface area contributed by atoms with Crippen LogP contribution in [0.15, 0.2) is 0 Å². The first-order chi connectivity index (χ1) is 7.68. The quantitative estimate of drug-likeness (QED) is 0.688. The van der Waals surface area contributed by atoms with E-state index in [1.54, 1.807) is 0 Å². The minimum atomic E-state index is -0.243. The van der Waals surface area contributed by atoms with Crippen LogP contribution in [-0.2, 0) is 14.3 Å². The van der Waals surface area contributed by atoms with E-state index < -0.39 is 0 Å². The van der Waals surface area contributed by atoms with Crippen LogP contribution in [0, 0.1) is 0 Å². The van der Waals surface area contributed by atoms with Crippen LogP contribution in [0.1, 0.15) is 32.1 Å². The molecule has 0 aromatic carbocycles. The molecule has 0 aromatic heterocycles. The van der Waals surface area contributed by atoms with Gasteiger partial charge in [0.15, 0.2) is 0 Å². The highest BCUT2D eigenvalue weighted by Gasteiger charge is 2.15. The second-order valence-electron chi connectivity index (χ2n) is 4.59. The Kier molecular flexibility index (Phi) is 9.50. The summed E-state index contributed by atoms with van der Waals surface area (Å²) >= 11 is 0. The summed E-state index contributed by atoms with van der Waals surface area (Å²) in [6, 6.07) is 0. The predicted octanol–water partition coefficient (Wildman–Crippen LogP) is 1.86. The fraction of sp³-hybridized carbons (Fsp3) is 0.917. The second kappa shape index (κ2) is 9.68. The molecule has 0 N–H and O–H groups in total. The van der Waals surface area contributed by atoms with Gasteiger partial charge in [0.2, 0.25) is 0 Å². The van der Waals surface area contributed by atoms with Crippen LogP contribution in [0.5, 0.6) is 0 Å². The fourth-order valence-electron chi connectivity index (χ4n) is 1.80. The summed E-state index contributed by atoms with van der Waals surface area (Å²) in [6.07, 6.45) is 6.19. The van der Waals surface area contributed by atoms with Gasteiger partial charge in [-0.15, -0.1) is 12.4 Å². The summed E-state index contributed by atoms with van der Waals surface area (Å²) < 4.78 is 10.6. The number of halogens is 1. The SMILES string of the molecule is CN(C)CCOC(=O)COC1CCCCC1.Cl. The van der Waals surface area contributed by atoms with Gasteiger partial charge in [0.05, 0.1) is 6.10 Å². The van der Waals surface area contributed by atoms with Crippen molar-refractivity contribution in [3.63, 3.8) is 0 Å². The third-order valence-electron chi connectivity index (χ3n) is 2.79. The molecule has 1 saturated carbocycles. The molecule has 1 aliphatic rings. The van der Waals surface area contributed by atoms with Crippen molar-refractivity contribution >= 4 is 18.4 Å². The van der Waals surface area contributed by atoms with Gasteiger partial charge < -0.3 is 14.4 Å². The number of hydrogen-bond acceptors (Lipinski definition) is 4. The van der Waals surface area contributed by atoms with Crippen LogP contribution in [0.2, 0.25) is 0 Å². The van der Waals surface area contributed by atoms with E-state index in [4.69, 9.17) is 9.47 Å². The van der Waals surface area contributed by atoms with Gasteiger partial charge in [0.1, 0.15) is 13.2 Å². The smallest absolute Gasteiger partial charge is 0.332 e. The average Bonchev–Trinajstić information content (AvgIpc) is 2.27. The van der Waals surface area contributed by atoms with E-state index in [0.717, 1.165) is 19.4 Å². The van der Waals surface area contributed by atoms with E-state index in [1.165, 1.54) is 19.3 Å². The maximum absolute atomic E-state index is 11.3. The lowest BCUT2D eigenvalue weighted by Crippen LogP contribution is -2.25. The van der Waals surface area contributed by atoms with Gasteiger partial charge in [-0.1, -0.05) is 19.3 Å². The van der Waals surface area contributed by atoms with Crippen molar-refractivity contribution in [1.29, 1.82) is 0 Å². The molecule has 0 aromatic rings. The molecule has 5 heteroatoms. The van der Waals surface area contributed by atoms with Crippen molar-refractivity contribution in [3.05, 3.63) is 0 Å². The highest BCUT2D eigenvalue weighted by molar-refractivity contribution is 5.85. The van der Waals surface area contributed by atoms with Gasteiger partial charge >= 0.3 is 5.97 Å². The molecule has 102 valence electrons. The minimum absolute atomic E-state index is 0. The van der Waals surface area contributed by atoms with E-state index in [-0.39, 0.29) is 31.1 Å². The number of esters is 1. The summed E-state index contributed by atoms with van der Waals surface area (Å²) in [7, 11) is 3.90. The first-order valence-electron chi connectivity index (χ1n) is 6.10. The van der Waals surface area contributed by atoms with Crippen molar-refractivity contribution in [3.8, 4) is 0 Å². The molecule has 0 atom stereocenters. The number of hydrogen-bond donors (Lipinski definition) is 0. The minimum Gasteiger partial charge on any atom is -0.463 e. The maximum atomic E-state index is 11.3. The molecule has 0 radical (unpaired) electrons. The highest BCUT2D eigenvalue weighted by Crippen LogP contribution is 2.19. The zero-order valence-electron chi connectivity index (χ0n) is 10.8. The van der Waals surface area contributed by atoms with Gasteiger partial charge in [0, 0.05) is 6.54 Å². The van der Waals surface area contributed by atoms with E-state index in [2.05, 4.69) is 0 Å². The molecule has 4 nitrogen and oxygen atoms in total. The molecule has 0 saturated heterocycles. The van der Waals surface area contributed by atoms with Crippen molar-refractivity contribution < 1.29 is 14.3 Å². The molecular weight excluding hydrogens is 242 g/mol. The summed E-state index contributed by atoms with van der Waals surface area (Å²) in [6.45, 7) is 1.31. The average molecular weight is 266 g/mol. The molecule has 1 aliphatic carbocycles. The number of rotatable bonds is 6. The van der Waals surface area contributed by atoms with Crippen molar-refractivity contribution in [2.75, 3.05) is 33.9 Å². The Hall–Kier alpha value is -0.320. The van der Waals surface area contributed by atoms with E-state index in [0.29, 0.717) is 6.61 Å². The van der Waals surface area contributed by atoms with Crippen molar-refractivity contribution in [2.45, 2.75) is 38.2 Å². The molecule has 0 spiro atoms. The molecule has 0 aliphatic heterocycles. The van der Waals surface area contributed by atoms with E-state index >= 15 is 0 Å². The molecule has 1 fully saturated rings. The number of nitrogens with zero attached hydrogens (tertiary/aromatic N) is 1. The van der Waals surface area contributed by atoms with Crippen LogP contribution < -0.4 is 0 Å². The lowest BCUT2D eigenvalue weighted by Gasteiger charge is -2.21. The number of likely N-dealkylation sites (N-methyl/N-ethyl adjacent to an activating group) is 1. The first kappa shape index (κ1) is 16.7. The van der Waals surface area contributed by atoms with Gasteiger partial charge in [-0.3, -0.25) is 0 Å². The molecule has 0 bridgehead atoms. The third-order valence-corrected chi connectivity index (χ3v) is 2.79. The third kappa shape index (κ3) is 8.41. The predicted molar refractivity (Wildman–Crippen MR) is 69.6 cm³/mol. The topological polar surface area (TPSA) is 38.8 Å². The Balaban J connectivity index is 0.00000256. The first-order valence-corrected chi connectivity index (χ1v) is 6.10. The van der Waals surface area contributed by atoms with Gasteiger partial charge in [-0.2, -0.15) is 0 Å². The Bertz CT molecular complexity index is 206. The summed E-state index contributed by atoms with van der Waals surface area (Å²) in [5, 5.41) is 0. The summed E-state index contributed by atoms with van der Waals surface area (Å²) in [5.74, 6) is -0.243. The molecular formula is C12H24ClNO3. The second-order valence-corrected chi connectivity index (χ2v) is 4.59. The lowest BCUT2D eigenvalue weighted by molar-refractivity contribution is -0.151. The molecule has 17 heavy (non-hydrogen) atoms. The van der Waals surface area contributed by atoms with Crippen molar-refractivity contribution in [2.24, 2.45) is 0 Å². The Morgan fingerprint density at radius 2 is 1.88 bits per heavy atom. The number of carbonyl (C=O) groups excluding carboxylic acids is 1. The standard InChI is InChI=1S/C12H23NO3.ClH/c1-13(2)8-9-15-12(14)10-16-11-6-4-3-5-7-11;/h11H,3-10H2,1-2H3;1H. The molecule has 0 amide bonds. The summed E-state index contributed by atoms with van der Waals surface area (Å²) in [4.78, 5) is 13.3. The van der Waals surface area contributed by atoms with Gasteiger partial charge in [-0.05, 0) is 26.9 Å². The monoisotopic (exact) mass is 265 g/mol. The Labute approximate surface area is 110 Å². The van der Waals surface area contributed by atoms with Gasteiger partial charge in [0.25, 0.3) is 0 Å². The largest absolute Gasteiger partial charge is 0.463 e.